The topological polar surface area (TPSA) is 37.4 Å². The summed E-state index contributed by atoms with van der Waals surface area (Å²) in [6, 6.07) is 15.4. The maximum absolute atomic E-state index is 12.9. The quantitative estimate of drug-likeness (QED) is 0.737. The number of anilines is 2. The molecule has 0 spiro atoms. The van der Waals surface area contributed by atoms with E-state index in [-0.39, 0.29) is 5.75 Å². The lowest BCUT2D eigenvalue weighted by atomic mass is 10.2. The van der Waals surface area contributed by atoms with E-state index in [2.05, 4.69) is 6.92 Å². The van der Waals surface area contributed by atoms with Crippen molar-refractivity contribution in [2.45, 2.75) is 36.0 Å². The van der Waals surface area contributed by atoms with Gasteiger partial charge in [-0.3, -0.25) is 0 Å². The van der Waals surface area contributed by atoms with Crippen molar-refractivity contribution in [2.75, 3.05) is 10.1 Å². The second-order valence-corrected chi connectivity index (χ2v) is 8.35. The molecule has 0 saturated carbocycles. The average Bonchev–Trinajstić information content (AvgIpc) is 2.52. The van der Waals surface area contributed by atoms with Crippen LogP contribution < -0.4 is 4.31 Å². The molecule has 0 unspecified atom stereocenters. The van der Waals surface area contributed by atoms with Gasteiger partial charge in [-0.15, -0.1) is 0 Å². The second-order valence-electron chi connectivity index (χ2n) is 5.33. The van der Waals surface area contributed by atoms with E-state index in [9.17, 15) is 8.42 Å². The van der Waals surface area contributed by atoms with Gasteiger partial charge in [0.25, 0.3) is 0 Å². The Bertz CT molecular complexity index is 726. The largest absolute Gasteiger partial charge is 0.239 e. The highest BCUT2D eigenvalue weighted by molar-refractivity contribution is 8.00. The van der Waals surface area contributed by atoms with Gasteiger partial charge in [0.05, 0.1) is 17.1 Å². The number of hydrogen-bond donors (Lipinski definition) is 0. The summed E-state index contributed by atoms with van der Waals surface area (Å²) in [7, 11) is -3.36. The predicted octanol–water partition coefficient (Wildman–Crippen LogP) is 4.81. The molecule has 0 saturated heterocycles. The smallest absolute Gasteiger partial charge is 0.236 e. The Hall–Kier alpha value is -1.46. The van der Waals surface area contributed by atoms with Crippen LogP contribution in [-0.4, -0.2) is 14.2 Å². The second kappa shape index (κ2) is 6.34. The van der Waals surface area contributed by atoms with Gasteiger partial charge in [0.2, 0.25) is 10.0 Å². The van der Waals surface area contributed by atoms with Crippen LogP contribution in [-0.2, 0) is 10.0 Å². The fourth-order valence-corrected chi connectivity index (χ4v) is 5.44. The first-order chi connectivity index (χ1) is 10.6. The molecular formula is C17H19NO2S2. The normalized spacial score (nSPS) is 13.6. The molecule has 1 aliphatic heterocycles. The van der Waals surface area contributed by atoms with E-state index in [1.54, 1.807) is 11.8 Å². The zero-order valence-electron chi connectivity index (χ0n) is 12.5. The van der Waals surface area contributed by atoms with Crippen molar-refractivity contribution in [1.29, 1.82) is 0 Å². The van der Waals surface area contributed by atoms with Crippen LogP contribution in [0.15, 0.2) is 58.3 Å². The van der Waals surface area contributed by atoms with Gasteiger partial charge >= 0.3 is 0 Å². The lowest BCUT2D eigenvalue weighted by Gasteiger charge is -2.31. The van der Waals surface area contributed by atoms with Crippen molar-refractivity contribution in [2.24, 2.45) is 0 Å². The number of unbranched alkanes of at least 4 members (excludes halogenated alkanes) is 2. The standard InChI is InChI=1S/C17H19NO2S2/c1-2-3-8-13-22(19,20)18-14-9-4-6-11-16(14)21-17-12-7-5-10-15(17)18/h4-7,9-12H,2-3,8,13H2,1H3. The van der Waals surface area contributed by atoms with Crippen LogP contribution in [0.2, 0.25) is 0 Å². The Morgan fingerprint density at radius 2 is 1.45 bits per heavy atom. The van der Waals surface area contributed by atoms with E-state index in [4.69, 9.17) is 0 Å². The predicted molar refractivity (Wildman–Crippen MR) is 92.5 cm³/mol. The SMILES string of the molecule is CCCCCS(=O)(=O)N1c2ccccc2Sc2ccccc21. The van der Waals surface area contributed by atoms with Crippen LogP contribution in [0.3, 0.4) is 0 Å². The summed E-state index contributed by atoms with van der Waals surface area (Å²) < 4.78 is 27.3. The van der Waals surface area contributed by atoms with Crippen molar-refractivity contribution < 1.29 is 8.42 Å². The zero-order chi connectivity index (χ0) is 15.6. The molecule has 2 aromatic rings. The van der Waals surface area contributed by atoms with Gasteiger partial charge in [0, 0.05) is 9.79 Å². The maximum atomic E-state index is 12.9. The molecule has 0 bridgehead atoms. The molecule has 3 nitrogen and oxygen atoms in total. The van der Waals surface area contributed by atoms with E-state index < -0.39 is 10.0 Å². The molecule has 22 heavy (non-hydrogen) atoms. The fraction of sp³-hybridized carbons (Fsp3) is 0.294. The molecule has 116 valence electrons. The molecule has 5 heteroatoms. The summed E-state index contributed by atoms with van der Waals surface area (Å²) in [5, 5.41) is 0. The minimum atomic E-state index is -3.36. The van der Waals surface area contributed by atoms with Gasteiger partial charge in [-0.1, -0.05) is 55.8 Å². The highest BCUT2D eigenvalue weighted by Crippen LogP contribution is 2.49. The highest BCUT2D eigenvalue weighted by atomic mass is 32.2. The Morgan fingerprint density at radius 3 is 2.00 bits per heavy atom. The number of sulfonamides is 1. The van der Waals surface area contributed by atoms with E-state index in [0.717, 1.165) is 34.0 Å². The number of fused-ring (bicyclic) bond motifs is 2. The summed E-state index contributed by atoms with van der Waals surface area (Å²) in [5.74, 6) is 0.189. The summed E-state index contributed by atoms with van der Waals surface area (Å²) in [5.41, 5.74) is 1.53. The number of rotatable bonds is 5. The van der Waals surface area contributed by atoms with Gasteiger partial charge in [0.1, 0.15) is 0 Å². The lowest BCUT2D eigenvalue weighted by Crippen LogP contribution is -2.30. The van der Waals surface area contributed by atoms with Crippen molar-refractivity contribution in [3.05, 3.63) is 48.5 Å². The third kappa shape index (κ3) is 2.88. The highest BCUT2D eigenvalue weighted by Gasteiger charge is 2.31. The van der Waals surface area contributed by atoms with E-state index in [1.165, 1.54) is 4.31 Å². The first-order valence-corrected chi connectivity index (χ1v) is 9.95. The number of nitrogens with zero attached hydrogens (tertiary/aromatic N) is 1. The van der Waals surface area contributed by atoms with Gasteiger partial charge in [0.15, 0.2) is 0 Å². The Kier molecular flexibility index (Phi) is 4.45. The van der Waals surface area contributed by atoms with Gasteiger partial charge in [-0.25, -0.2) is 12.7 Å². The number of para-hydroxylation sites is 2. The summed E-state index contributed by atoms with van der Waals surface area (Å²) in [6.45, 7) is 2.08. The van der Waals surface area contributed by atoms with Gasteiger partial charge < -0.3 is 0 Å². The minimum absolute atomic E-state index is 0.189. The van der Waals surface area contributed by atoms with E-state index >= 15 is 0 Å². The van der Waals surface area contributed by atoms with Crippen LogP contribution in [0.4, 0.5) is 11.4 Å². The molecular weight excluding hydrogens is 314 g/mol. The van der Waals surface area contributed by atoms with Crippen LogP contribution in [0.25, 0.3) is 0 Å². The summed E-state index contributed by atoms with van der Waals surface area (Å²) in [6.07, 6.45) is 2.65. The summed E-state index contributed by atoms with van der Waals surface area (Å²) >= 11 is 1.62. The third-order valence-electron chi connectivity index (χ3n) is 3.67. The van der Waals surface area contributed by atoms with Crippen molar-refractivity contribution in [3.8, 4) is 0 Å². The number of benzene rings is 2. The molecule has 0 N–H and O–H groups in total. The molecule has 0 aliphatic carbocycles. The van der Waals surface area contributed by atoms with E-state index in [1.807, 2.05) is 48.5 Å². The van der Waals surface area contributed by atoms with Gasteiger partial charge in [-0.2, -0.15) is 0 Å². The first kappa shape index (κ1) is 15.4. The molecule has 1 heterocycles. The van der Waals surface area contributed by atoms with Gasteiger partial charge in [-0.05, 0) is 30.7 Å². The Labute approximate surface area is 136 Å². The van der Waals surface area contributed by atoms with Crippen LogP contribution in [0.1, 0.15) is 26.2 Å². The van der Waals surface area contributed by atoms with Crippen LogP contribution in [0.5, 0.6) is 0 Å². The minimum Gasteiger partial charge on any atom is -0.236 e. The van der Waals surface area contributed by atoms with Crippen LogP contribution in [0, 0.1) is 0 Å². The molecule has 0 atom stereocenters. The third-order valence-corrected chi connectivity index (χ3v) is 6.56. The monoisotopic (exact) mass is 333 g/mol. The molecule has 0 fully saturated rings. The maximum Gasteiger partial charge on any atom is 0.239 e. The Morgan fingerprint density at radius 1 is 0.909 bits per heavy atom. The van der Waals surface area contributed by atoms with Crippen LogP contribution >= 0.6 is 11.8 Å². The number of hydrogen-bond acceptors (Lipinski definition) is 3. The lowest BCUT2D eigenvalue weighted by molar-refractivity contribution is 0.590. The molecule has 2 aromatic carbocycles. The Balaban J connectivity index is 2.06. The summed E-state index contributed by atoms with van der Waals surface area (Å²) in [4.78, 5) is 1.97. The van der Waals surface area contributed by atoms with Crippen molar-refractivity contribution >= 4 is 33.2 Å². The van der Waals surface area contributed by atoms with Crippen molar-refractivity contribution in [3.63, 3.8) is 0 Å². The first-order valence-electron chi connectivity index (χ1n) is 7.52. The molecule has 0 aromatic heterocycles. The molecule has 0 radical (unpaired) electrons. The van der Waals surface area contributed by atoms with E-state index in [0.29, 0.717) is 6.42 Å². The zero-order valence-corrected chi connectivity index (χ0v) is 14.2. The molecule has 3 rings (SSSR count). The molecule has 0 amide bonds. The molecule has 1 aliphatic rings. The van der Waals surface area contributed by atoms with Crippen molar-refractivity contribution in [1.82, 2.24) is 0 Å². The fourth-order valence-electron chi connectivity index (χ4n) is 2.60. The average molecular weight is 333 g/mol.